The summed E-state index contributed by atoms with van der Waals surface area (Å²) < 4.78 is 12.1. The maximum atomic E-state index is 6.47. The van der Waals surface area contributed by atoms with Crippen molar-refractivity contribution in [2.75, 3.05) is 51.5 Å². The third-order valence-electron chi connectivity index (χ3n) is 8.73. The van der Waals surface area contributed by atoms with E-state index in [4.69, 9.17) is 14.5 Å². The SMILES string of the molecule is COc1ccccc1N1CCN(Cc2cc3c(c4c2=C[C@H](C)CN=4)OCN(C2CCCCCC2)C3)CC1. The monoisotopic (exact) mass is 502 g/mol. The average Bonchev–Trinajstić information content (AvgIpc) is 3.23. The summed E-state index contributed by atoms with van der Waals surface area (Å²) in [6.07, 6.45) is 10.5. The summed E-state index contributed by atoms with van der Waals surface area (Å²) in [7, 11) is 1.76. The van der Waals surface area contributed by atoms with Gasteiger partial charge in [0, 0.05) is 62.6 Å². The highest BCUT2D eigenvalue weighted by Gasteiger charge is 2.28. The Morgan fingerprint density at radius 3 is 2.59 bits per heavy atom. The van der Waals surface area contributed by atoms with Crippen LogP contribution in [0.25, 0.3) is 6.08 Å². The molecule has 0 radical (unpaired) electrons. The quantitative estimate of drug-likeness (QED) is 0.580. The lowest BCUT2D eigenvalue weighted by molar-refractivity contribution is 0.0479. The van der Waals surface area contributed by atoms with Crippen molar-refractivity contribution in [1.29, 1.82) is 0 Å². The lowest BCUT2D eigenvalue weighted by atomic mass is 9.97. The molecular weight excluding hydrogens is 460 g/mol. The molecule has 2 aromatic carbocycles. The van der Waals surface area contributed by atoms with Gasteiger partial charge in [-0.1, -0.05) is 50.8 Å². The number of rotatable bonds is 5. The van der Waals surface area contributed by atoms with E-state index < -0.39 is 0 Å². The van der Waals surface area contributed by atoms with Gasteiger partial charge >= 0.3 is 0 Å². The Labute approximate surface area is 221 Å². The zero-order valence-electron chi connectivity index (χ0n) is 22.6. The van der Waals surface area contributed by atoms with Gasteiger partial charge in [0.15, 0.2) is 5.75 Å². The van der Waals surface area contributed by atoms with Crippen LogP contribution in [0.3, 0.4) is 0 Å². The van der Waals surface area contributed by atoms with E-state index in [9.17, 15) is 0 Å². The summed E-state index contributed by atoms with van der Waals surface area (Å²) in [5.74, 6) is 2.48. The molecule has 1 atom stereocenters. The molecule has 1 saturated heterocycles. The normalized spacial score (nSPS) is 23.2. The van der Waals surface area contributed by atoms with E-state index >= 15 is 0 Å². The smallest absolute Gasteiger partial charge is 0.151 e. The van der Waals surface area contributed by atoms with Gasteiger partial charge in [0.1, 0.15) is 17.8 Å². The number of hydrogen-bond donors (Lipinski definition) is 0. The second-order valence-corrected chi connectivity index (χ2v) is 11.4. The molecule has 0 spiro atoms. The number of anilines is 1. The third-order valence-corrected chi connectivity index (χ3v) is 8.73. The minimum Gasteiger partial charge on any atom is -0.495 e. The summed E-state index contributed by atoms with van der Waals surface area (Å²) in [5, 5.41) is 2.42. The fourth-order valence-corrected chi connectivity index (χ4v) is 6.65. The average molecular weight is 503 g/mol. The number of hydrogen-bond acceptors (Lipinski definition) is 6. The molecule has 1 saturated carbocycles. The second kappa shape index (κ2) is 11.0. The van der Waals surface area contributed by atoms with E-state index in [1.165, 1.54) is 60.6 Å². The number of piperazine rings is 1. The van der Waals surface area contributed by atoms with Crippen molar-refractivity contribution in [2.24, 2.45) is 10.9 Å². The minimum atomic E-state index is 0.470. The fraction of sp³-hybridized carbons (Fsp3) is 0.581. The molecule has 2 aromatic rings. The van der Waals surface area contributed by atoms with E-state index in [-0.39, 0.29) is 0 Å². The first-order valence-corrected chi connectivity index (χ1v) is 14.4. The Hall–Kier alpha value is -2.57. The van der Waals surface area contributed by atoms with Crippen molar-refractivity contribution >= 4 is 11.8 Å². The van der Waals surface area contributed by atoms with Crippen LogP contribution in [0.5, 0.6) is 11.5 Å². The molecule has 0 amide bonds. The van der Waals surface area contributed by atoms with Crippen molar-refractivity contribution in [3.05, 3.63) is 52.0 Å². The molecular formula is C31H42N4O2. The number of nitrogens with zero attached hydrogens (tertiary/aromatic N) is 4. The van der Waals surface area contributed by atoms with Crippen LogP contribution >= 0.6 is 0 Å². The van der Waals surface area contributed by atoms with Gasteiger partial charge in [-0.3, -0.25) is 14.8 Å². The van der Waals surface area contributed by atoms with Gasteiger partial charge in [-0.25, -0.2) is 0 Å². The summed E-state index contributed by atoms with van der Waals surface area (Å²) in [6, 6.07) is 11.5. The zero-order chi connectivity index (χ0) is 25.2. The molecule has 6 nitrogen and oxygen atoms in total. The van der Waals surface area contributed by atoms with Crippen molar-refractivity contribution in [1.82, 2.24) is 9.80 Å². The van der Waals surface area contributed by atoms with Crippen LogP contribution in [-0.2, 0) is 13.1 Å². The molecule has 4 aliphatic rings. The first-order valence-electron chi connectivity index (χ1n) is 14.4. The molecule has 3 heterocycles. The highest BCUT2D eigenvalue weighted by Crippen LogP contribution is 2.30. The predicted octanol–water partition coefficient (Wildman–Crippen LogP) is 3.94. The van der Waals surface area contributed by atoms with Gasteiger partial charge in [-0.15, -0.1) is 0 Å². The van der Waals surface area contributed by atoms with E-state index in [2.05, 4.69) is 52.0 Å². The molecule has 2 fully saturated rings. The predicted molar refractivity (Wildman–Crippen MR) is 149 cm³/mol. The van der Waals surface area contributed by atoms with E-state index in [0.29, 0.717) is 18.7 Å². The summed E-state index contributed by atoms with van der Waals surface area (Å²) in [4.78, 5) is 12.7. The molecule has 0 bridgehead atoms. The molecule has 0 aromatic heterocycles. The van der Waals surface area contributed by atoms with Crippen LogP contribution in [0.1, 0.15) is 56.6 Å². The maximum absolute atomic E-state index is 6.47. The highest BCUT2D eigenvalue weighted by atomic mass is 16.5. The Morgan fingerprint density at radius 2 is 1.81 bits per heavy atom. The molecule has 6 rings (SSSR count). The Balaban J connectivity index is 1.22. The summed E-state index contributed by atoms with van der Waals surface area (Å²) >= 11 is 0. The fourth-order valence-electron chi connectivity index (χ4n) is 6.65. The summed E-state index contributed by atoms with van der Waals surface area (Å²) in [6.45, 7) is 9.91. The van der Waals surface area contributed by atoms with Crippen LogP contribution in [0.2, 0.25) is 0 Å². The van der Waals surface area contributed by atoms with Gasteiger partial charge in [-0.05, 0) is 42.5 Å². The molecule has 1 aliphatic carbocycles. The van der Waals surface area contributed by atoms with Crippen LogP contribution in [0.15, 0.2) is 35.3 Å². The zero-order valence-corrected chi connectivity index (χ0v) is 22.6. The first kappa shape index (κ1) is 24.7. The topological polar surface area (TPSA) is 40.5 Å². The summed E-state index contributed by atoms with van der Waals surface area (Å²) in [5.41, 5.74) is 3.96. The largest absolute Gasteiger partial charge is 0.495 e. The van der Waals surface area contributed by atoms with Crippen LogP contribution in [0.4, 0.5) is 5.69 Å². The van der Waals surface area contributed by atoms with Crippen LogP contribution in [-0.4, -0.2) is 62.4 Å². The van der Waals surface area contributed by atoms with Gasteiger partial charge in [0.05, 0.1) is 12.8 Å². The molecule has 0 unspecified atom stereocenters. The Kier molecular flexibility index (Phi) is 7.39. The first-order chi connectivity index (χ1) is 18.2. The van der Waals surface area contributed by atoms with Crippen molar-refractivity contribution in [2.45, 2.75) is 64.6 Å². The number of benzene rings is 2. The van der Waals surface area contributed by atoms with Crippen molar-refractivity contribution in [3.8, 4) is 11.5 Å². The third kappa shape index (κ3) is 5.23. The van der Waals surface area contributed by atoms with Crippen molar-refractivity contribution in [3.63, 3.8) is 0 Å². The van der Waals surface area contributed by atoms with E-state index in [0.717, 1.165) is 62.7 Å². The van der Waals surface area contributed by atoms with E-state index in [1.807, 2.05) is 6.07 Å². The lowest BCUT2D eigenvalue weighted by Gasteiger charge is -2.37. The Bertz CT molecular complexity index is 1210. The molecule has 37 heavy (non-hydrogen) atoms. The molecule has 198 valence electrons. The maximum Gasteiger partial charge on any atom is 0.151 e. The van der Waals surface area contributed by atoms with Gasteiger partial charge in [0.25, 0.3) is 0 Å². The van der Waals surface area contributed by atoms with Gasteiger partial charge in [0.2, 0.25) is 0 Å². The van der Waals surface area contributed by atoms with Crippen molar-refractivity contribution < 1.29 is 9.47 Å². The van der Waals surface area contributed by atoms with Gasteiger partial charge < -0.3 is 14.4 Å². The molecule has 0 N–H and O–H groups in total. The van der Waals surface area contributed by atoms with E-state index in [1.54, 1.807) is 7.11 Å². The standard InChI is InChI=1S/C31H42N4O2/c1-23-17-27-24(20-33-13-15-34(16-14-33)28-11-7-8-12-29(28)36-2)18-25-21-35(26-9-5-3-4-6-10-26)22-37-31(25)30(27)32-19-23/h7-8,11-12,17-18,23,26H,3-6,9-10,13-16,19-22H2,1-2H3/t23-/m0/s1. The Morgan fingerprint density at radius 1 is 1.03 bits per heavy atom. The van der Waals surface area contributed by atoms with Gasteiger partial charge in [-0.2, -0.15) is 0 Å². The molecule has 6 heteroatoms. The minimum absolute atomic E-state index is 0.470. The molecule has 3 aliphatic heterocycles. The number of para-hydroxylation sites is 2. The number of fused-ring (bicyclic) bond motifs is 3. The number of methoxy groups -OCH3 is 1. The lowest BCUT2D eigenvalue weighted by Crippen LogP contribution is -2.48. The highest BCUT2D eigenvalue weighted by molar-refractivity contribution is 5.58. The van der Waals surface area contributed by atoms with Crippen LogP contribution in [0, 0.1) is 5.92 Å². The second-order valence-electron chi connectivity index (χ2n) is 11.4. The van der Waals surface area contributed by atoms with Crippen LogP contribution < -0.4 is 24.9 Å². The number of ether oxygens (including phenoxy) is 2.